The van der Waals surface area contributed by atoms with Gasteiger partial charge in [-0.2, -0.15) is 0 Å². The third-order valence-corrected chi connectivity index (χ3v) is 5.81. The van der Waals surface area contributed by atoms with E-state index in [0.29, 0.717) is 5.41 Å². The molecule has 0 aromatic heterocycles. The molecule has 138 valence electrons. The molecule has 0 aliphatic carbocycles. The Morgan fingerprint density at radius 3 is 2.60 bits per heavy atom. The van der Waals surface area contributed by atoms with E-state index in [1.165, 1.54) is 61.7 Å². The monoisotopic (exact) mass is 341 g/mol. The lowest BCUT2D eigenvalue weighted by molar-refractivity contribution is 0.163. The molecule has 3 rings (SSSR count). The van der Waals surface area contributed by atoms with Crippen LogP contribution in [0.15, 0.2) is 30.1 Å². The van der Waals surface area contributed by atoms with Crippen LogP contribution in [-0.2, 0) is 0 Å². The normalized spacial score (nSPS) is 20.0. The zero-order chi connectivity index (χ0) is 18.0. The van der Waals surface area contributed by atoms with Gasteiger partial charge in [0.1, 0.15) is 5.82 Å². The highest BCUT2D eigenvalue weighted by atomic mass is 15.3. The second-order valence-corrected chi connectivity index (χ2v) is 8.42. The Labute approximate surface area is 154 Å². The zero-order valence-corrected chi connectivity index (χ0v) is 16.7. The fourth-order valence-corrected chi connectivity index (χ4v) is 4.35. The summed E-state index contributed by atoms with van der Waals surface area (Å²) in [6.45, 7) is 11.7. The molecular formula is C22H35N3. The number of nitrogens with one attached hydrogen (secondary N) is 1. The molecule has 2 aliphatic heterocycles. The number of allylic oxidation sites excluding steroid dienone is 1. The van der Waals surface area contributed by atoms with Gasteiger partial charge in [0.05, 0.1) is 11.4 Å². The molecule has 3 nitrogen and oxygen atoms in total. The second-order valence-electron chi connectivity index (χ2n) is 8.42. The lowest BCUT2D eigenvalue weighted by Crippen LogP contribution is -2.56. The molecule has 0 radical (unpaired) electrons. The van der Waals surface area contributed by atoms with Crippen molar-refractivity contribution < 1.29 is 0 Å². The number of hydrogen-bond acceptors (Lipinski definition) is 3. The fraction of sp³-hybridized carbons (Fsp3) is 0.636. The standard InChI is InChI=1S/C22H35N3/c1-6-8-21-23-19-10-9-18(14-20(19)24(21)5)25-15-22(16-25,12-7-2)13-11-17(3)4/h8-10,14,17,23H,6-7,11-13,15-16H2,1-5H3/b21-8-. The van der Waals surface area contributed by atoms with Crippen molar-refractivity contribution >= 4 is 17.1 Å². The highest BCUT2D eigenvalue weighted by Crippen LogP contribution is 2.45. The molecule has 0 atom stereocenters. The van der Waals surface area contributed by atoms with Gasteiger partial charge >= 0.3 is 0 Å². The zero-order valence-electron chi connectivity index (χ0n) is 16.7. The SMILES string of the molecule is CC/C=C1/Nc2ccc(N3CC(CCC)(CCC(C)C)C3)cc2N1C. The molecule has 0 spiro atoms. The molecule has 1 fully saturated rings. The van der Waals surface area contributed by atoms with Gasteiger partial charge in [-0.1, -0.05) is 40.5 Å². The minimum absolute atomic E-state index is 0.551. The van der Waals surface area contributed by atoms with Crippen LogP contribution in [0.1, 0.15) is 59.8 Å². The van der Waals surface area contributed by atoms with Gasteiger partial charge < -0.3 is 15.1 Å². The average molecular weight is 342 g/mol. The van der Waals surface area contributed by atoms with Gasteiger partial charge in [0.2, 0.25) is 0 Å². The lowest BCUT2D eigenvalue weighted by atomic mass is 9.71. The van der Waals surface area contributed by atoms with Gasteiger partial charge in [0, 0.05) is 31.2 Å². The van der Waals surface area contributed by atoms with Crippen molar-refractivity contribution in [2.75, 3.05) is 35.3 Å². The van der Waals surface area contributed by atoms with Crippen LogP contribution in [0, 0.1) is 11.3 Å². The third-order valence-electron chi connectivity index (χ3n) is 5.81. The van der Waals surface area contributed by atoms with Crippen LogP contribution in [0.3, 0.4) is 0 Å². The summed E-state index contributed by atoms with van der Waals surface area (Å²) in [5.74, 6) is 2.02. The highest BCUT2D eigenvalue weighted by molar-refractivity contribution is 5.83. The summed E-state index contributed by atoms with van der Waals surface area (Å²) >= 11 is 0. The predicted molar refractivity (Wildman–Crippen MR) is 110 cm³/mol. The van der Waals surface area contributed by atoms with Gasteiger partial charge in [0.25, 0.3) is 0 Å². The van der Waals surface area contributed by atoms with Gasteiger partial charge in [-0.3, -0.25) is 0 Å². The first-order chi connectivity index (χ1) is 12.0. The summed E-state index contributed by atoms with van der Waals surface area (Å²) in [6.07, 6.45) is 8.71. The van der Waals surface area contributed by atoms with Crippen LogP contribution in [0.2, 0.25) is 0 Å². The molecule has 2 aliphatic rings. The molecule has 0 bridgehead atoms. The maximum absolute atomic E-state index is 3.53. The number of hydrogen-bond donors (Lipinski definition) is 1. The second kappa shape index (κ2) is 7.31. The van der Waals surface area contributed by atoms with Crippen LogP contribution in [0.5, 0.6) is 0 Å². The molecule has 1 aromatic carbocycles. The van der Waals surface area contributed by atoms with E-state index in [1.807, 2.05) is 0 Å². The number of fused-ring (bicyclic) bond motifs is 1. The highest BCUT2D eigenvalue weighted by Gasteiger charge is 2.42. The molecule has 25 heavy (non-hydrogen) atoms. The van der Waals surface area contributed by atoms with E-state index >= 15 is 0 Å². The van der Waals surface area contributed by atoms with Crippen molar-refractivity contribution in [3.63, 3.8) is 0 Å². The van der Waals surface area contributed by atoms with Crippen LogP contribution < -0.4 is 15.1 Å². The van der Waals surface area contributed by atoms with E-state index in [4.69, 9.17) is 0 Å². The maximum atomic E-state index is 3.53. The molecule has 0 saturated carbocycles. The van der Waals surface area contributed by atoms with Gasteiger partial charge in [-0.15, -0.1) is 0 Å². The van der Waals surface area contributed by atoms with E-state index in [-0.39, 0.29) is 0 Å². The first-order valence-electron chi connectivity index (χ1n) is 10.1. The maximum Gasteiger partial charge on any atom is 0.106 e. The smallest absolute Gasteiger partial charge is 0.106 e. The minimum atomic E-state index is 0.551. The predicted octanol–water partition coefficient (Wildman–Crippen LogP) is 5.84. The summed E-state index contributed by atoms with van der Waals surface area (Å²) < 4.78 is 0. The molecule has 1 aromatic rings. The molecule has 3 heteroatoms. The molecule has 0 amide bonds. The third kappa shape index (κ3) is 3.65. The summed E-state index contributed by atoms with van der Waals surface area (Å²) in [7, 11) is 2.16. The Balaban J connectivity index is 1.70. The Morgan fingerprint density at radius 1 is 1.20 bits per heavy atom. The van der Waals surface area contributed by atoms with Crippen LogP contribution in [0.25, 0.3) is 0 Å². The van der Waals surface area contributed by atoms with Crippen LogP contribution >= 0.6 is 0 Å². The molecular weight excluding hydrogens is 306 g/mol. The number of anilines is 3. The van der Waals surface area contributed by atoms with Gasteiger partial charge in [-0.25, -0.2) is 0 Å². The van der Waals surface area contributed by atoms with Crippen LogP contribution in [-0.4, -0.2) is 20.1 Å². The number of rotatable bonds is 7. The van der Waals surface area contributed by atoms with E-state index in [2.05, 4.69) is 74.1 Å². The van der Waals surface area contributed by atoms with Crippen molar-refractivity contribution in [2.24, 2.45) is 11.3 Å². The van der Waals surface area contributed by atoms with E-state index in [9.17, 15) is 0 Å². The Kier molecular flexibility index (Phi) is 5.31. The van der Waals surface area contributed by atoms with E-state index < -0.39 is 0 Å². The van der Waals surface area contributed by atoms with Crippen molar-refractivity contribution in [1.82, 2.24) is 0 Å². The number of nitrogens with zero attached hydrogens (tertiary/aromatic N) is 2. The molecule has 1 N–H and O–H groups in total. The van der Waals surface area contributed by atoms with E-state index in [1.54, 1.807) is 0 Å². The topological polar surface area (TPSA) is 18.5 Å². The Hall–Kier alpha value is -1.64. The summed E-state index contributed by atoms with van der Waals surface area (Å²) in [5, 5.41) is 3.53. The van der Waals surface area contributed by atoms with Crippen molar-refractivity contribution in [1.29, 1.82) is 0 Å². The average Bonchev–Trinajstić information content (AvgIpc) is 2.85. The molecule has 1 saturated heterocycles. The summed E-state index contributed by atoms with van der Waals surface area (Å²) in [6, 6.07) is 6.88. The van der Waals surface area contributed by atoms with Crippen molar-refractivity contribution in [3.8, 4) is 0 Å². The minimum Gasteiger partial charge on any atom is -0.370 e. The lowest BCUT2D eigenvalue weighted by Gasteiger charge is -2.52. The first kappa shape index (κ1) is 18.2. The summed E-state index contributed by atoms with van der Waals surface area (Å²) in [4.78, 5) is 4.85. The largest absolute Gasteiger partial charge is 0.370 e. The summed E-state index contributed by atoms with van der Waals surface area (Å²) in [5.41, 5.74) is 4.45. The quantitative estimate of drug-likeness (QED) is 0.672. The van der Waals surface area contributed by atoms with Crippen LogP contribution in [0.4, 0.5) is 17.1 Å². The van der Waals surface area contributed by atoms with Gasteiger partial charge in [0.15, 0.2) is 0 Å². The van der Waals surface area contributed by atoms with E-state index in [0.717, 1.165) is 12.3 Å². The van der Waals surface area contributed by atoms with Crippen molar-refractivity contribution in [2.45, 2.75) is 59.8 Å². The molecule has 0 unspecified atom stereocenters. The fourth-order valence-electron chi connectivity index (χ4n) is 4.35. The van der Waals surface area contributed by atoms with Crippen molar-refractivity contribution in [3.05, 3.63) is 30.1 Å². The molecule has 2 heterocycles. The Morgan fingerprint density at radius 2 is 1.96 bits per heavy atom. The first-order valence-corrected chi connectivity index (χ1v) is 10.1. The Bertz CT molecular complexity index is 626. The number of benzene rings is 1. The van der Waals surface area contributed by atoms with Gasteiger partial charge in [-0.05, 0) is 49.5 Å².